The molecule has 2 nitrogen and oxygen atoms in total. The molecule has 90 valence electrons. The van der Waals surface area contributed by atoms with Crippen LogP contribution in [0.2, 0.25) is 0 Å². The second kappa shape index (κ2) is 4.77. The van der Waals surface area contributed by atoms with Crippen LogP contribution in [-0.2, 0) is 0 Å². The van der Waals surface area contributed by atoms with Crippen molar-refractivity contribution in [1.29, 1.82) is 0 Å². The van der Waals surface area contributed by atoms with E-state index in [0.717, 1.165) is 6.54 Å². The van der Waals surface area contributed by atoms with Gasteiger partial charge < -0.3 is 5.73 Å². The Morgan fingerprint density at radius 3 is 2.76 bits per heavy atom. The summed E-state index contributed by atoms with van der Waals surface area (Å²) in [6, 6.07) is 9.06. The molecule has 0 saturated carbocycles. The first kappa shape index (κ1) is 11.2. The normalized spacial score (nSPS) is 18.9. The Morgan fingerprint density at radius 1 is 1.24 bits per heavy atom. The number of hydrogen-bond acceptors (Lipinski definition) is 3. The van der Waals surface area contributed by atoms with Crippen molar-refractivity contribution in [2.45, 2.75) is 18.9 Å². The molecule has 0 radical (unpaired) electrons. The van der Waals surface area contributed by atoms with E-state index in [4.69, 9.17) is 5.73 Å². The molecular formula is C14H18N2S. The first-order valence-electron chi connectivity index (χ1n) is 6.30. The van der Waals surface area contributed by atoms with Gasteiger partial charge in [0.2, 0.25) is 0 Å². The lowest BCUT2D eigenvalue weighted by atomic mass is 10.0. The average Bonchev–Trinajstić information content (AvgIpc) is 3.01. The lowest BCUT2D eigenvalue weighted by molar-refractivity contribution is 0.253. The molecule has 1 aromatic heterocycles. The fraction of sp³-hybridized carbons (Fsp3) is 0.429. The van der Waals surface area contributed by atoms with E-state index in [1.54, 1.807) is 0 Å². The van der Waals surface area contributed by atoms with E-state index in [-0.39, 0.29) is 0 Å². The monoisotopic (exact) mass is 246 g/mol. The fourth-order valence-electron chi connectivity index (χ4n) is 2.78. The zero-order valence-corrected chi connectivity index (χ0v) is 10.7. The maximum Gasteiger partial charge on any atom is 0.0484 e. The molecule has 1 aromatic carbocycles. The van der Waals surface area contributed by atoms with E-state index in [0.29, 0.717) is 6.04 Å². The quantitative estimate of drug-likeness (QED) is 0.902. The first-order valence-corrected chi connectivity index (χ1v) is 7.18. The van der Waals surface area contributed by atoms with E-state index in [1.165, 1.54) is 41.6 Å². The number of thiophene rings is 1. The van der Waals surface area contributed by atoms with Crippen molar-refractivity contribution < 1.29 is 0 Å². The summed E-state index contributed by atoms with van der Waals surface area (Å²) in [5, 5.41) is 3.68. The highest BCUT2D eigenvalue weighted by Crippen LogP contribution is 2.33. The number of likely N-dealkylation sites (tertiary alicyclic amines) is 1. The second-order valence-electron chi connectivity index (χ2n) is 4.68. The van der Waals surface area contributed by atoms with E-state index < -0.39 is 0 Å². The molecule has 0 spiro atoms. The maximum absolute atomic E-state index is 6.00. The highest BCUT2D eigenvalue weighted by molar-refractivity contribution is 7.17. The van der Waals surface area contributed by atoms with Gasteiger partial charge in [0.15, 0.2) is 0 Å². The Hall–Kier alpha value is -0.900. The van der Waals surface area contributed by atoms with Gasteiger partial charge in [-0.05, 0) is 48.3 Å². The van der Waals surface area contributed by atoms with Crippen LogP contribution >= 0.6 is 11.3 Å². The van der Waals surface area contributed by atoms with Gasteiger partial charge in [-0.3, -0.25) is 4.90 Å². The molecule has 3 heteroatoms. The molecule has 0 aliphatic carbocycles. The van der Waals surface area contributed by atoms with E-state index >= 15 is 0 Å². The molecule has 1 fully saturated rings. The van der Waals surface area contributed by atoms with Crippen molar-refractivity contribution in [2.24, 2.45) is 5.73 Å². The molecule has 17 heavy (non-hydrogen) atoms. The molecule has 0 amide bonds. The summed E-state index contributed by atoms with van der Waals surface area (Å²) in [5.41, 5.74) is 7.42. The van der Waals surface area contributed by atoms with Crippen LogP contribution in [0.3, 0.4) is 0 Å². The third kappa shape index (κ3) is 1.99. The minimum atomic E-state index is 0.411. The third-order valence-electron chi connectivity index (χ3n) is 3.67. The Morgan fingerprint density at radius 2 is 2.00 bits per heavy atom. The number of fused-ring (bicyclic) bond motifs is 1. The maximum atomic E-state index is 6.00. The van der Waals surface area contributed by atoms with E-state index in [1.807, 2.05) is 11.3 Å². The van der Waals surface area contributed by atoms with Crippen molar-refractivity contribution >= 4 is 21.4 Å². The summed E-state index contributed by atoms with van der Waals surface area (Å²) in [6.45, 7) is 3.12. The Kier molecular flexibility index (Phi) is 3.14. The lowest BCUT2D eigenvalue weighted by Gasteiger charge is -2.26. The van der Waals surface area contributed by atoms with Crippen LogP contribution in [0, 0.1) is 0 Å². The van der Waals surface area contributed by atoms with Crippen LogP contribution < -0.4 is 5.73 Å². The molecule has 1 atom stereocenters. The van der Waals surface area contributed by atoms with E-state index in [2.05, 4.69) is 34.5 Å². The number of rotatable bonds is 3. The Bertz CT molecular complexity index is 500. The van der Waals surface area contributed by atoms with Crippen molar-refractivity contribution in [2.75, 3.05) is 19.6 Å². The molecule has 1 unspecified atom stereocenters. The van der Waals surface area contributed by atoms with Gasteiger partial charge in [-0.2, -0.15) is 0 Å². The highest BCUT2D eigenvalue weighted by Gasteiger charge is 2.24. The summed E-state index contributed by atoms with van der Waals surface area (Å²) in [5.74, 6) is 0. The minimum absolute atomic E-state index is 0.411. The topological polar surface area (TPSA) is 29.3 Å². The Balaban J connectivity index is 2.00. The molecule has 2 heterocycles. The van der Waals surface area contributed by atoms with Crippen molar-refractivity contribution in [1.82, 2.24) is 4.90 Å². The van der Waals surface area contributed by atoms with Crippen molar-refractivity contribution in [3.8, 4) is 0 Å². The zero-order chi connectivity index (χ0) is 11.7. The number of nitrogens with two attached hydrogens (primary N) is 1. The molecule has 1 saturated heterocycles. The number of hydrogen-bond donors (Lipinski definition) is 1. The van der Waals surface area contributed by atoms with Crippen LogP contribution in [0.15, 0.2) is 29.6 Å². The van der Waals surface area contributed by atoms with E-state index in [9.17, 15) is 0 Å². The predicted octanol–water partition coefficient (Wildman–Crippen LogP) is 3.00. The first-order chi connectivity index (χ1) is 8.40. The van der Waals surface area contributed by atoms with Gasteiger partial charge in [-0.1, -0.05) is 18.2 Å². The predicted molar refractivity (Wildman–Crippen MR) is 74.4 cm³/mol. The molecular weight excluding hydrogens is 228 g/mol. The summed E-state index contributed by atoms with van der Waals surface area (Å²) < 4.78 is 1.38. The van der Waals surface area contributed by atoms with Gasteiger partial charge in [-0.15, -0.1) is 11.3 Å². The smallest absolute Gasteiger partial charge is 0.0484 e. The third-order valence-corrected chi connectivity index (χ3v) is 4.66. The minimum Gasteiger partial charge on any atom is -0.329 e. The summed E-state index contributed by atoms with van der Waals surface area (Å²) in [7, 11) is 0. The Labute approximate surface area is 106 Å². The van der Waals surface area contributed by atoms with Gasteiger partial charge in [0.1, 0.15) is 0 Å². The van der Waals surface area contributed by atoms with Gasteiger partial charge in [0, 0.05) is 17.3 Å². The summed E-state index contributed by atoms with van der Waals surface area (Å²) >= 11 is 1.83. The van der Waals surface area contributed by atoms with Crippen LogP contribution in [-0.4, -0.2) is 24.5 Å². The molecule has 0 bridgehead atoms. The molecule has 1 aliphatic heterocycles. The summed E-state index contributed by atoms with van der Waals surface area (Å²) in [6.07, 6.45) is 2.64. The number of benzene rings is 1. The van der Waals surface area contributed by atoms with Crippen molar-refractivity contribution in [3.05, 3.63) is 35.2 Å². The molecule has 3 rings (SSSR count). The average molecular weight is 246 g/mol. The van der Waals surface area contributed by atoms with Crippen LogP contribution in [0.25, 0.3) is 10.1 Å². The lowest BCUT2D eigenvalue weighted by Crippen LogP contribution is -2.31. The van der Waals surface area contributed by atoms with Gasteiger partial charge in [-0.25, -0.2) is 0 Å². The van der Waals surface area contributed by atoms with Gasteiger partial charge in [0.05, 0.1) is 0 Å². The highest BCUT2D eigenvalue weighted by atomic mass is 32.1. The zero-order valence-electron chi connectivity index (χ0n) is 9.93. The summed E-state index contributed by atoms with van der Waals surface area (Å²) in [4.78, 5) is 2.54. The second-order valence-corrected chi connectivity index (χ2v) is 5.59. The molecule has 1 aliphatic rings. The van der Waals surface area contributed by atoms with Crippen molar-refractivity contribution in [3.63, 3.8) is 0 Å². The van der Waals surface area contributed by atoms with Crippen LogP contribution in [0.5, 0.6) is 0 Å². The van der Waals surface area contributed by atoms with Crippen LogP contribution in [0.4, 0.5) is 0 Å². The largest absolute Gasteiger partial charge is 0.329 e. The van der Waals surface area contributed by atoms with Gasteiger partial charge in [0.25, 0.3) is 0 Å². The molecule has 2 N–H and O–H groups in total. The standard InChI is InChI=1S/C14H18N2S/c15-9-13(16-7-3-4-8-16)12-10-17-14-6-2-1-5-11(12)14/h1-2,5-6,10,13H,3-4,7-9,15H2. The van der Waals surface area contributed by atoms with Gasteiger partial charge >= 0.3 is 0 Å². The number of nitrogens with zero attached hydrogens (tertiary/aromatic N) is 1. The fourth-order valence-corrected chi connectivity index (χ4v) is 3.79. The SMILES string of the molecule is NCC(c1csc2ccccc12)N1CCCC1. The molecule has 2 aromatic rings. The van der Waals surface area contributed by atoms with Crippen LogP contribution in [0.1, 0.15) is 24.4 Å².